The molecule has 0 aromatic heterocycles. The Labute approximate surface area is 284 Å². The van der Waals surface area contributed by atoms with E-state index in [-0.39, 0.29) is 19.4 Å². The van der Waals surface area contributed by atoms with Gasteiger partial charge in [-0.1, -0.05) is 72.8 Å². The predicted octanol–water partition coefficient (Wildman–Crippen LogP) is 7.13. The molecule has 3 atom stereocenters. The van der Waals surface area contributed by atoms with Gasteiger partial charge in [-0.05, 0) is 82.7 Å². The summed E-state index contributed by atoms with van der Waals surface area (Å²) in [6.07, 6.45) is -1.13. The van der Waals surface area contributed by atoms with Crippen LogP contribution in [0.2, 0.25) is 0 Å². The summed E-state index contributed by atoms with van der Waals surface area (Å²) in [7, 11) is -5.85. The van der Waals surface area contributed by atoms with Gasteiger partial charge in [0.05, 0.1) is 12.1 Å². The van der Waals surface area contributed by atoms with Crippen LogP contribution in [0.5, 0.6) is 5.75 Å². The first-order valence-corrected chi connectivity index (χ1v) is 17.0. The standard InChI is InChI=1S/C35H41F3N2O8S/c1-33(2,3)47-31(41)39-27(20-24-12-8-6-9-13-24)22-30-29(21-25-16-18-28(19-17-25)48-49(43,44)35(36,37)38)40(34(4,5)46-30)32(42)45-23-26-14-10-7-11-15-26/h6-19,27,29-30H,20-23H2,1-5H3,(H,39,41)/t27-,29-,30-/m0/s1. The van der Waals surface area contributed by atoms with Crippen LogP contribution < -0.4 is 9.50 Å². The van der Waals surface area contributed by atoms with Crippen LogP contribution in [0.25, 0.3) is 0 Å². The lowest BCUT2D eigenvalue weighted by Crippen LogP contribution is -2.50. The molecule has 1 aliphatic rings. The third-order valence-corrected chi connectivity index (χ3v) is 8.58. The number of rotatable bonds is 11. The molecule has 0 spiro atoms. The molecule has 14 heteroatoms. The topological polar surface area (TPSA) is 120 Å². The molecule has 2 amide bonds. The van der Waals surface area contributed by atoms with Crippen molar-refractivity contribution >= 4 is 22.3 Å². The van der Waals surface area contributed by atoms with Crippen LogP contribution in [0.4, 0.5) is 22.8 Å². The summed E-state index contributed by atoms with van der Waals surface area (Å²) in [6, 6.07) is 22.5. The number of amides is 2. The number of ether oxygens (including phenoxy) is 3. The fourth-order valence-electron chi connectivity index (χ4n) is 5.59. The van der Waals surface area contributed by atoms with Crippen molar-refractivity contribution in [3.63, 3.8) is 0 Å². The zero-order chi connectivity index (χ0) is 36.0. The second-order valence-electron chi connectivity index (χ2n) is 13.2. The second kappa shape index (κ2) is 15.1. The average molecular weight is 707 g/mol. The molecule has 1 aliphatic heterocycles. The molecule has 4 rings (SSSR count). The molecule has 266 valence electrons. The summed E-state index contributed by atoms with van der Waals surface area (Å²) in [5, 5.41) is 2.95. The first-order valence-electron chi connectivity index (χ1n) is 15.6. The van der Waals surface area contributed by atoms with Crippen LogP contribution in [0.1, 0.15) is 57.7 Å². The molecule has 1 N–H and O–H groups in total. The van der Waals surface area contributed by atoms with Gasteiger partial charge in [-0.3, -0.25) is 4.90 Å². The Hall–Kier alpha value is -4.30. The third-order valence-electron chi connectivity index (χ3n) is 7.60. The molecule has 0 radical (unpaired) electrons. The molecular weight excluding hydrogens is 665 g/mol. The highest BCUT2D eigenvalue weighted by molar-refractivity contribution is 7.88. The second-order valence-corrected chi connectivity index (χ2v) is 14.7. The molecule has 0 aliphatic carbocycles. The smallest absolute Gasteiger partial charge is 0.444 e. The van der Waals surface area contributed by atoms with E-state index >= 15 is 0 Å². The van der Waals surface area contributed by atoms with E-state index in [1.54, 1.807) is 34.6 Å². The number of carbonyl (C=O) groups excluding carboxylic acids is 2. The van der Waals surface area contributed by atoms with Gasteiger partial charge in [0.1, 0.15) is 23.7 Å². The number of carbonyl (C=O) groups is 2. The molecule has 0 bridgehead atoms. The van der Waals surface area contributed by atoms with Crippen molar-refractivity contribution in [3.8, 4) is 5.75 Å². The zero-order valence-electron chi connectivity index (χ0n) is 27.9. The van der Waals surface area contributed by atoms with Gasteiger partial charge in [0.2, 0.25) is 0 Å². The maximum absolute atomic E-state index is 13.7. The fourth-order valence-corrected chi connectivity index (χ4v) is 6.05. The molecule has 1 fully saturated rings. The molecule has 10 nitrogen and oxygen atoms in total. The Kier molecular flexibility index (Phi) is 11.5. The summed E-state index contributed by atoms with van der Waals surface area (Å²) in [6.45, 7) is 8.70. The van der Waals surface area contributed by atoms with Crippen molar-refractivity contribution in [2.24, 2.45) is 0 Å². The minimum atomic E-state index is -5.85. The highest BCUT2D eigenvalue weighted by Crippen LogP contribution is 2.37. The lowest BCUT2D eigenvalue weighted by atomic mass is 9.93. The maximum atomic E-state index is 13.7. The van der Waals surface area contributed by atoms with E-state index in [0.29, 0.717) is 12.0 Å². The van der Waals surface area contributed by atoms with Gasteiger partial charge in [-0.25, -0.2) is 9.59 Å². The lowest BCUT2D eigenvalue weighted by Gasteiger charge is -2.33. The van der Waals surface area contributed by atoms with E-state index in [4.69, 9.17) is 14.2 Å². The Balaban J connectivity index is 1.63. The molecule has 1 saturated heterocycles. The summed E-state index contributed by atoms with van der Waals surface area (Å²) in [5.74, 6) is -0.524. The lowest BCUT2D eigenvalue weighted by molar-refractivity contribution is -0.0736. The number of halogens is 3. The van der Waals surface area contributed by atoms with Gasteiger partial charge in [-0.2, -0.15) is 21.6 Å². The molecule has 1 heterocycles. The average Bonchev–Trinajstić information content (AvgIpc) is 3.24. The Morgan fingerprint density at radius 1 is 0.898 bits per heavy atom. The van der Waals surface area contributed by atoms with Crippen LogP contribution in [-0.2, 0) is 43.8 Å². The quantitative estimate of drug-likeness (QED) is 0.165. The highest BCUT2D eigenvalue weighted by Gasteiger charge is 2.51. The number of hydrogen-bond acceptors (Lipinski definition) is 8. The van der Waals surface area contributed by atoms with E-state index < -0.39 is 63.1 Å². The van der Waals surface area contributed by atoms with Gasteiger partial charge in [-0.15, -0.1) is 0 Å². The van der Waals surface area contributed by atoms with Gasteiger partial charge < -0.3 is 23.7 Å². The Morgan fingerprint density at radius 3 is 2.02 bits per heavy atom. The summed E-state index contributed by atoms with van der Waals surface area (Å²) >= 11 is 0. The largest absolute Gasteiger partial charge is 0.534 e. The van der Waals surface area contributed by atoms with Gasteiger partial charge in [0.15, 0.2) is 0 Å². The molecule has 49 heavy (non-hydrogen) atoms. The maximum Gasteiger partial charge on any atom is 0.534 e. The minimum Gasteiger partial charge on any atom is -0.444 e. The summed E-state index contributed by atoms with van der Waals surface area (Å²) < 4.78 is 83.6. The van der Waals surface area contributed by atoms with Crippen LogP contribution in [0.3, 0.4) is 0 Å². The number of alkyl carbamates (subject to hydrolysis) is 1. The van der Waals surface area contributed by atoms with E-state index in [0.717, 1.165) is 23.3 Å². The van der Waals surface area contributed by atoms with Crippen molar-refractivity contribution in [2.45, 2.75) is 95.5 Å². The van der Waals surface area contributed by atoms with E-state index in [1.165, 1.54) is 17.0 Å². The number of hydrogen-bond donors (Lipinski definition) is 1. The predicted molar refractivity (Wildman–Crippen MR) is 175 cm³/mol. The van der Waals surface area contributed by atoms with Crippen LogP contribution in [0.15, 0.2) is 84.9 Å². The monoisotopic (exact) mass is 706 g/mol. The Bertz CT molecular complexity index is 1660. The summed E-state index contributed by atoms with van der Waals surface area (Å²) in [5.41, 5.74) is -5.23. The van der Waals surface area contributed by atoms with E-state index in [2.05, 4.69) is 9.50 Å². The van der Waals surface area contributed by atoms with E-state index in [9.17, 15) is 31.2 Å². The zero-order valence-corrected chi connectivity index (χ0v) is 28.7. The number of benzene rings is 3. The van der Waals surface area contributed by atoms with Crippen molar-refractivity contribution < 1.29 is 49.6 Å². The first kappa shape index (κ1) is 37.5. The van der Waals surface area contributed by atoms with Crippen molar-refractivity contribution in [1.82, 2.24) is 10.2 Å². The molecule has 0 unspecified atom stereocenters. The number of alkyl halides is 3. The normalized spacial score (nSPS) is 18.4. The Morgan fingerprint density at radius 2 is 1.47 bits per heavy atom. The molecular formula is C35H41F3N2O8S. The van der Waals surface area contributed by atoms with Gasteiger partial charge in [0, 0.05) is 6.04 Å². The summed E-state index contributed by atoms with van der Waals surface area (Å²) in [4.78, 5) is 28.2. The van der Waals surface area contributed by atoms with E-state index in [1.807, 2.05) is 60.7 Å². The fraction of sp³-hybridized carbons (Fsp3) is 0.429. The van der Waals surface area contributed by atoms with Gasteiger partial charge >= 0.3 is 27.8 Å². The first-order chi connectivity index (χ1) is 22.8. The SMILES string of the molecule is CC(C)(C)OC(=O)N[C@@H](Cc1ccccc1)C[C@@H]1OC(C)(C)N(C(=O)OCc2ccccc2)[C@H]1Cc1ccc(OS(=O)(=O)C(F)(F)F)cc1. The van der Waals surface area contributed by atoms with Crippen molar-refractivity contribution in [3.05, 3.63) is 102 Å². The van der Waals surface area contributed by atoms with Crippen LogP contribution in [0, 0.1) is 0 Å². The van der Waals surface area contributed by atoms with Crippen molar-refractivity contribution in [1.29, 1.82) is 0 Å². The molecule has 3 aromatic rings. The third kappa shape index (κ3) is 10.6. The molecule has 0 saturated carbocycles. The van der Waals surface area contributed by atoms with Gasteiger partial charge in [0.25, 0.3) is 0 Å². The van der Waals surface area contributed by atoms with Crippen LogP contribution >= 0.6 is 0 Å². The van der Waals surface area contributed by atoms with Crippen molar-refractivity contribution in [2.75, 3.05) is 0 Å². The van der Waals surface area contributed by atoms with Crippen LogP contribution in [-0.4, -0.2) is 60.5 Å². The number of nitrogens with zero attached hydrogens (tertiary/aromatic N) is 1. The minimum absolute atomic E-state index is 0.000185. The molecule has 3 aromatic carbocycles. The number of nitrogens with one attached hydrogen (secondary N) is 1. The highest BCUT2D eigenvalue weighted by atomic mass is 32.2.